The minimum absolute atomic E-state index is 0.748. The van der Waals surface area contributed by atoms with Crippen molar-refractivity contribution >= 4 is 16.7 Å². The van der Waals surface area contributed by atoms with Gasteiger partial charge in [-0.1, -0.05) is 25.5 Å². The van der Waals surface area contributed by atoms with E-state index in [2.05, 4.69) is 40.7 Å². The van der Waals surface area contributed by atoms with Crippen LogP contribution in [0, 0.1) is 0 Å². The van der Waals surface area contributed by atoms with E-state index >= 15 is 0 Å². The van der Waals surface area contributed by atoms with Crippen molar-refractivity contribution in [2.45, 2.75) is 26.2 Å². The zero-order chi connectivity index (χ0) is 13.9. The molecule has 0 bridgehead atoms. The lowest BCUT2D eigenvalue weighted by atomic mass is 10.1. The predicted octanol–water partition coefficient (Wildman–Crippen LogP) is 3.95. The van der Waals surface area contributed by atoms with E-state index in [1.54, 1.807) is 0 Å². The van der Waals surface area contributed by atoms with Gasteiger partial charge in [0.1, 0.15) is 6.33 Å². The van der Waals surface area contributed by atoms with Crippen molar-refractivity contribution in [2.24, 2.45) is 0 Å². The van der Waals surface area contributed by atoms with Crippen LogP contribution in [0.4, 0.5) is 5.69 Å². The van der Waals surface area contributed by atoms with Crippen molar-refractivity contribution in [1.29, 1.82) is 0 Å². The number of fused-ring (bicyclic) bond motifs is 1. The number of hydrogen-bond acceptors (Lipinski definition) is 2. The fourth-order valence-corrected chi connectivity index (χ4v) is 2.44. The van der Waals surface area contributed by atoms with Crippen LogP contribution in [0.15, 0.2) is 48.8 Å². The summed E-state index contributed by atoms with van der Waals surface area (Å²) in [5.74, 6) is 0. The molecule has 102 valence electrons. The van der Waals surface area contributed by atoms with Crippen molar-refractivity contribution in [1.82, 2.24) is 9.55 Å². The Bertz CT molecular complexity index is 711. The van der Waals surface area contributed by atoms with Gasteiger partial charge in [-0.3, -0.25) is 4.57 Å². The molecule has 20 heavy (non-hydrogen) atoms. The van der Waals surface area contributed by atoms with Crippen LogP contribution >= 0.6 is 0 Å². The highest BCUT2D eigenvalue weighted by Gasteiger charge is 2.04. The highest BCUT2D eigenvalue weighted by molar-refractivity contribution is 5.80. The number of aryl methyl sites for hydroxylation is 1. The quantitative estimate of drug-likeness (QED) is 0.726. The Labute approximate surface area is 119 Å². The number of anilines is 1. The standard InChI is InChI=1S/C17H19N3/c1-2-3-4-13-5-8-15(9-6-13)20-12-19-16-11-14(18)7-10-17(16)20/h5-12H,2-4,18H2,1H3. The molecule has 0 aliphatic rings. The molecular formula is C17H19N3. The molecule has 3 rings (SSSR count). The van der Waals surface area contributed by atoms with Crippen LogP contribution in [-0.4, -0.2) is 9.55 Å². The van der Waals surface area contributed by atoms with Crippen molar-refractivity contribution in [2.75, 3.05) is 5.73 Å². The molecule has 3 heteroatoms. The van der Waals surface area contributed by atoms with Crippen LogP contribution in [0.25, 0.3) is 16.7 Å². The number of imidazole rings is 1. The van der Waals surface area contributed by atoms with Gasteiger partial charge in [-0.05, 0) is 48.7 Å². The molecule has 0 saturated carbocycles. The largest absolute Gasteiger partial charge is 0.399 e. The molecule has 0 saturated heterocycles. The lowest BCUT2D eigenvalue weighted by Crippen LogP contribution is -1.93. The number of benzene rings is 2. The molecule has 3 nitrogen and oxygen atoms in total. The first-order valence-corrected chi connectivity index (χ1v) is 7.10. The summed E-state index contributed by atoms with van der Waals surface area (Å²) in [6.45, 7) is 2.22. The SMILES string of the molecule is CCCCc1ccc(-n2cnc3cc(N)ccc32)cc1. The third-order valence-corrected chi connectivity index (χ3v) is 3.60. The fourth-order valence-electron chi connectivity index (χ4n) is 2.44. The summed E-state index contributed by atoms with van der Waals surface area (Å²) in [7, 11) is 0. The molecule has 0 atom stereocenters. The monoisotopic (exact) mass is 265 g/mol. The van der Waals surface area contributed by atoms with E-state index in [0.29, 0.717) is 0 Å². The van der Waals surface area contributed by atoms with Crippen LogP contribution < -0.4 is 5.73 Å². The van der Waals surface area contributed by atoms with E-state index in [1.807, 2.05) is 24.5 Å². The molecule has 1 heterocycles. The first-order chi connectivity index (χ1) is 9.78. The average Bonchev–Trinajstić information content (AvgIpc) is 2.88. The molecule has 0 aliphatic carbocycles. The van der Waals surface area contributed by atoms with Gasteiger partial charge in [0.15, 0.2) is 0 Å². The minimum atomic E-state index is 0.748. The summed E-state index contributed by atoms with van der Waals surface area (Å²) in [4.78, 5) is 4.41. The van der Waals surface area contributed by atoms with Gasteiger partial charge in [0.25, 0.3) is 0 Å². The molecule has 3 aromatic rings. The van der Waals surface area contributed by atoms with Crippen LogP contribution in [-0.2, 0) is 6.42 Å². The summed E-state index contributed by atoms with van der Waals surface area (Å²) >= 11 is 0. The highest BCUT2D eigenvalue weighted by Crippen LogP contribution is 2.20. The Balaban J connectivity index is 1.94. The number of nitrogens with two attached hydrogens (primary N) is 1. The topological polar surface area (TPSA) is 43.8 Å². The van der Waals surface area contributed by atoms with E-state index in [0.717, 1.165) is 28.8 Å². The van der Waals surface area contributed by atoms with Crippen molar-refractivity contribution in [3.63, 3.8) is 0 Å². The Morgan fingerprint density at radius 2 is 1.90 bits per heavy atom. The summed E-state index contributed by atoms with van der Waals surface area (Å²) < 4.78 is 2.10. The Morgan fingerprint density at radius 1 is 1.10 bits per heavy atom. The number of rotatable bonds is 4. The average molecular weight is 265 g/mol. The number of aromatic nitrogens is 2. The van der Waals surface area contributed by atoms with E-state index in [4.69, 9.17) is 5.73 Å². The highest BCUT2D eigenvalue weighted by atomic mass is 15.0. The van der Waals surface area contributed by atoms with Gasteiger partial charge in [-0.15, -0.1) is 0 Å². The summed E-state index contributed by atoms with van der Waals surface area (Å²) in [5, 5.41) is 0. The third-order valence-electron chi connectivity index (χ3n) is 3.60. The van der Waals surface area contributed by atoms with Crippen molar-refractivity contribution < 1.29 is 0 Å². The second-order valence-corrected chi connectivity index (χ2v) is 5.13. The van der Waals surface area contributed by atoms with Gasteiger partial charge in [0.2, 0.25) is 0 Å². The van der Waals surface area contributed by atoms with E-state index in [1.165, 1.54) is 18.4 Å². The maximum Gasteiger partial charge on any atom is 0.100 e. The predicted molar refractivity (Wildman–Crippen MR) is 84.1 cm³/mol. The van der Waals surface area contributed by atoms with Crippen LogP contribution in [0.5, 0.6) is 0 Å². The maximum atomic E-state index is 5.79. The van der Waals surface area contributed by atoms with Gasteiger partial charge >= 0.3 is 0 Å². The summed E-state index contributed by atoms with van der Waals surface area (Å²) in [5.41, 5.74) is 11.1. The summed E-state index contributed by atoms with van der Waals surface area (Å²) in [6.07, 6.45) is 5.48. The maximum absolute atomic E-state index is 5.79. The number of nitrogens with zero attached hydrogens (tertiary/aromatic N) is 2. The molecule has 2 N–H and O–H groups in total. The smallest absolute Gasteiger partial charge is 0.100 e. The van der Waals surface area contributed by atoms with Gasteiger partial charge in [-0.2, -0.15) is 0 Å². The minimum Gasteiger partial charge on any atom is -0.399 e. The summed E-state index contributed by atoms with van der Waals surface area (Å²) in [6, 6.07) is 14.5. The van der Waals surface area contributed by atoms with Crippen molar-refractivity contribution in [3.8, 4) is 5.69 Å². The fraction of sp³-hybridized carbons (Fsp3) is 0.235. The van der Waals surface area contributed by atoms with Gasteiger partial charge in [0, 0.05) is 11.4 Å². The van der Waals surface area contributed by atoms with E-state index < -0.39 is 0 Å². The zero-order valence-corrected chi connectivity index (χ0v) is 11.7. The van der Waals surface area contributed by atoms with E-state index in [9.17, 15) is 0 Å². The molecule has 2 aromatic carbocycles. The van der Waals surface area contributed by atoms with Gasteiger partial charge < -0.3 is 5.73 Å². The molecule has 0 unspecified atom stereocenters. The molecule has 0 aliphatic heterocycles. The van der Waals surface area contributed by atoms with Crippen LogP contribution in [0.2, 0.25) is 0 Å². The molecule has 0 amide bonds. The van der Waals surface area contributed by atoms with Crippen LogP contribution in [0.3, 0.4) is 0 Å². The van der Waals surface area contributed by atoms with Crippen LogP contribution in [0.1, 0.15) is 25.3 Å². The van der Waals surface area contributed by atoms with Gasteiger partial charge in [0.05, 0.1) is 11.0 Å². The normalized spacial score (nSPS) is 11.1. The number of hydrogen-bond donors (Lipinski definition) is 1. The first-order valence-electron chi connectivity index (χ1n) is 7.10. The zero-order valence-electron chi connectivity index (χ0n) is 11.7. The first kappa shape index (κ1) is 12.7. The lowest BCUT2D eigenvalue weighted by Gasteiger charge is -2.06. The van der Waals surface area contributed by atoms with Gasteiger partial charge in [-0.25, -0.2) is 4.98 Å². The third kappa shape index (κ3) is 2.39. The van der Waals surface area contributed by atoms with E-state index in [-0.39, 0.29) is 0 Å². The molecule has 0 radical (unpaired) electrons. The lowest BCUT2D eigenvalue weighted by molar-refractivity contribution is 0.795. The molecular weight excluding hydrogens is 246 g/mol. The molecule has 0 spiro atoms. The molecule has 1 aromatic heterocycles. The Hall–Kier alpha value is -2.29. The Morgan fingerprint density at radius 3 is 2.65 bits per heavy atom. The van der Waals surface area contributed by atoms with Crippen molar-refractivity contribution in [3.05, 3.63) is 54.4 Å². The molecule has 0 fully saturated rings. The second-order valence-electron chi connectivity index (χ2n) is 5.13. The number of unbranched alkanes of at least 4 members (excludes halogenated alkanes) is 1. The second kappa shape index (κ2) is 5.37. The Kier molecular flexibility index (Phi) is 3.42. The number of nitrogen functional groups attached to an aromatic ring is 1.